The van der Waals surface area contributed by atoms with Gasteiger partial charge in [-0.05, 0) is 30.3 Å². The molecule has 0 radical (unpaired) electrons. The van der Waals surface area contributed by atoms with Crippen molar-refractivity contribution in [3.63, 3.8) is 0 Å². The summed E-state index contributed by atoms with van der Waals surface area (Å²) in [7, 11) is 4.26. The number of likely N-dealkylation sites (N-methyl/N-ethyl adjacent to an activating group) is 1. The lowest BCUT2D eigenvalue weighted by Gasteiger charge is -2.12. The van der Waals surface area contributed by atoms with E-state index in [4.69, 9.17) is 12.2 Å². The summed E-state index contributed by atoms with van der Waals surface area (Å²) in [5.41, 5.74) is 2.58. The zero-order valence-corrected chi connectivity index (χ0v) is 11.7. The molecule has 4 heteroatoms. The van der Waals surface area contributed by atoms with Gasteiger partial charge in [-0.2, -0.15) is 0 Å². The minimum absolute atomic E-state index is 0.731. The van der Waals surface area contributed by atoms with Crippen LogP contribution in [-0.2, 0) is 6.54 Å². The Balaban J connectivity index is 2.26. The first-order chi connectivity index (χ1) is 8.09. The van der Waals surface area contributed by atoms with E-state index in [-0.39, 0.29) is 0 Å². The second-order valence-electron chi connectivity index (χ2n) is 4.49. The van der Waals surface area contributed by atoms with Gasteiger partial charge < -0.3 is 15.5 Å². The van der Waals surface area contributed by atoms with E-state index in [1.807, 2.05) is 0 Å². The molecule has 0 bridgehead atoms. The quantitative estimate of drug-likeness (QED) is 0.649. The lowest BCUT2D eigenvalue weighted by atomic mass is 10.1. The highest BCUT2D eigenvalue weighted by Gasteiger charge is 1.99. The van der Waals surface area contributed by atoms with Gasteiger partial charge in [0.05, 0.1) is 27.2 Å². The number of aryl methyl sites for hydroxylation is 1. The van der Waals surface area contributed by atoms with Crippen LogP contribution >= 0.6 is 12.2 Å². The molecule has 0 aliphatic rings. The van der Waals surface area contributed by atoms with Crippen LogP contribution in [0, 0.1) is 6.92 Å². The number of hydrogen-bond acceptors (Lipinski definition) is 1. The summed E-state index contributed by atoms with van der Waals surface area (Å²) < 4.78 is 0. The fourth-order valence-electron chi connectivity index (χ4n) is 1.47. The van der Waals surface area contributed by atoms with E-state index in [2.05, 4.69) is 55.9 Å². The molecule has 3 N–H and O–H groups in total. The molecule has 1 rings (SSSR count). The normalized spacial score (nSPS) is 10.4. The molecule has 0 saturated carbocycles. The molecule has 0 heterocycles. The highest BCUT2D eigenvalue weighted by atomic mass is 32.1. The highest BCUT2D eigenvalue weighted by Crippen LogP contribution is 2.05. The molecular weight excluding hydrogens is 230 g/mol. The van der Waals surface area contributed by atoms with E-state index in [9.17, 15) is 0 Å². The topological polar surface area (TPSA) is 28.5 Å². The molecule has 0 aromatic heterocycles. The Kier molecular flexibility index (Phi) is 5.94. The summed E-state index contributed by atoms with van der Waals surface area (Å²) in [6.07, 6.45) is 0. The first-order valence-corrected chi connectivity index (χ1v) is 6.35. The molecule has 0 atom stereocenters. The third kappa shape index (κ3) is 5.65. The van der Waals surface area contributed by atoms with Gasteiger partial charge in [0.1, 0.15) is 0 Å². The summed E-state index contributed by atoms with van der Waals surface area (Å²) in [5.74, 6) is 0. The van der Waals surface area contributed by atoms with Crippen LogP contribution in [0.25, 0.3) is 0 Å². The second kappa shape index (κ2) is 7.25. The van der Waals surface area contributed by atoms with Crippen molar-refractivity contribution >= 4 is 17.3 Å². The summed E-state index contributed by atoms with van der Waals surface area (Å²) in [6.45, 7) is 4.87. The zero-order valence-electron chi connectivity index (χ0n) is 10.8. The smallest absolute Gasteiger partial charge is 0.166 e. The predicted octanol–water partition coefficient (Wildman–Crippen LogP) is 0.104. The molecule has 0 fully saturated rings. The Bertz CT molecular complexity index is 363. The van der Waals surface area contributed by atoms with Crippen LogP contribution < -0.4 is 15.5 Å². The van der Waals surface area contributed by atoms with Crippen molar-refractivity contribution in [1.82, 2.24) is 10.6 Å². The van der Waals surface area contributed by atoms with Gasteiger partial charge in [0.2, 0.25) is 0 Å². The van der Waals surface area contributed by atoms with Crippen LogP contribution in [0.5, 0.6) is 0 Å². The van der Waals surface area contributed by atoms with Gasteiger partial charge in [0.15, 0.2) is 5.11 Å². The first-order valence-electron chi connectivity index (χ1n) is 5.95. The van der Waals surface area contributed by atoms with Gasteiger partial charge in [0.25, 0.3) is 0 Å². The molecular formula is C13H22N3S+. The maximum Gasteiger partial charge on any atom is 0.166 e. The predicted molar refractivity (Wildman–Crippen MR) is 76.3 cm³/mol. The van der Waals surface area contributed by atoms with Gasteiger partial charge >= 0.3 is 0 Å². The Hall–Kier alpha value is -1.13. The van der Waals surface area contributed by atoms with Crippen molar-refractivity contribution in [3.05, 3.63) is 35.4 Å². The Labute approximate surface area is 109 Å². The average molecular weight is 252 g/mol. The van der Waals surface area contributed by atoms with Crippen molar-refractivity contribution in [3.8, 4) is 0 Å². The molecule has 0 saturated heterocycles. The molecule has 17 heavy (non-hydrogen) atoms. The number of thiocarbonyl (C=S) groups is 1. The van der Waals surface area contributed by atoms with Crippen molar-refractivity contribution in [2.24, 2.45) is 0 Å². The molecule has 0 unspecified atom stereocenters. The van der Waals surface area contributed by atoms with Crippen molar-refractivity contribution in [2.45, 2.75) is 13.5 Å². The fourth-order valence-corrected chi connectivity index (χ4v) is 1.65. The van der Waals surface area contributed by atoms with Crippen LogP contribution in [0.4, 0.5) is 0 Å². The number of hydrogen-bond donors (Lipinski definition) is 3. The standard InChI is InChI=1S/C13H21N3S/c1-11-6-4-5-7-12(11)10-15-13(17)14-8-9-16(2)3/h4-7H,8-10H2,1-3H3,(H2,14,15,17)/p+1. The van der Waals surface area contributed by atoms with Gasteiger partial charge in [-0.25, -0.2) is 0 Å². The molecule has 1 aromatic rings. The van der Waals surface area contributed by atoms with Crippen LogP contribution in [0.15, 0.2) is 24.3 Å². The van der Waals surface area contributed by atoms with Gasteiger partial charge in [-0.1, -0.05) is 24.3 Å². The number of nitrogens with one attached hydrogen (secondary N) is 3. The van der Waals surface area contributed by atoms with Gasteiger partial charge in [-0.3, -0.25) is 0 Å². The SMILES string of the molecule is Cc1ccccc1CNC(=S)NCC[NH+](C)C. The maximum absolute atomic E-state index is 5.22. The third-order valence-electron chi connectivity index (χ3n) is 2.61. The Morgan fingerprint density at radius 2 is 1.94 bits per heavy atom. The molecule has 0 spiro atoms. The summed E-state index contributed by atoms with van der Waals surface area (Å²) in [5, 5.41) is 7.16. The zero-order chi connectivity index (χ0) is 12.7. The monoisotopic (exact) mass is 252 g/mol. The van der Waals surface area contributed by atoms with Crippen LogP contribution in [0.2, 0.25) is 0 Å². The van der Waals surface area contributed by atoms with Gasteiger partial charge in [-0.15, -0.1) is 0 Å². The van der Waals surface area contributed by atoms with Gasteiger partial charge in [0, 0.05) is 6.54 Å². The minimum Gasteiger partial charge on any atom is -0.359 e. The largest absolute Gasteiger partial charge is 0.359 e. The first kappa shape index (κ1) is 13.9. The highest BCUT2D eigenvalue weighted by molar-refractivity contribution is 7.80. The lowest BCUT2D eigenvalue weighted by Crippen LogP contribution is -3.06. The minimum atomic E-state index is 0.731. The summed E-state index contributed by atoms with van der Waals surface area (Å²) in [4.78, 5) is 1.42. The lowest BCUT2D eigenvalue weighted by molar-refractivity contribution is -0.856. The molecule has 0 amide bonds. The van der Waals surface area contributed by atoms with E-state index in [1.54, 1.807) is 0 Å². The van der Waals surface area contributed by atoms with E-state index in [0.29, 0.717) is 0 Å². The number of rotatable bonds is 5. The van der Waals surface area contributed by atoms with E-state index in [1.165, 1.54) is 16.0 Å². The van der Waals surface area contributed by atoms with E-state index in [0.717, 1.165) is 24.7 Å². The van der Waals surface area contributed by atoms with E-state index < -0.39 is 0 Å². The van der Waals surface area contributed by atoms with Crippen molar-refractivity contribution < 1.29 is 4.90 Å². The number of quaternary nitrogens is 1. The molecule has 0 aliphatic carbocycles. The third-order valence-corrected chi connectivity index (χ3v) is 2.90. The van der Waals surface area contributed by atoms with Crippen LogP contribution in [0.3, 0.4) is 0 Å². The van der Waals surface area contributed by atoms with Crippen molar-refractivity contribution in [1.29, 1.82) is 0 Å². The average Bonchev–Trinajstić information content (AvgIpc) is 2.27. The summed E-state index contributed by atoms with van der Waals surface area (Å²) >= 11 is 5.22. The fraction of sp³-hybridized carbons (Fsp3) is 0.462. The summed E-state index contributed by atoms with van der Waals surface area (Å²) in [6, 6.07) is 8.34. The number of benzene rings is 1. The van der Waals surface area contributed by atoms with Crippen LogP contribution in [0.1, 0.15) is 11.1 Å². The van der Waals surface area contributed by atoms with Crippen molar-refractivity contribution in [2.75, 3.05) is 27.2 Å². The van der Waals surface area contributed by atoms with E-state index >= 15 is 0 Å². The maximum atomic E-state index is 5.22. The Morgan fingerprint density at radius 3 is 2.59 bits per heavy atom. The molecule has 94 valence electrons. The molecule has 0 aliphatic heterocycles. The molecule has 1 aromatic carbocycles. The van der Waals surface area contributed by atoms with Crippen LogP contribution in [-0.4, -0.2) is 32.3 Å². The second-order valence-corrected chi connectivity index (χ2v) is 4.90. The Morgan fingerprint density at radius 1 is 1.24 bits per heavy atom. The molecule has 3 nitrogen and oxygen atoms in total.